The van der Waals surface area contributed by atoms with Gasteiger partial charge in [0.15, 0.2) is 5.69 Å². The maximum absolute atomic E-state index is 11.9. The average molecular weight is 240 g/mol. The van der Waals surface area contributed by atoms with Crippen molar-refractivity contribution in [1.29, 1.82) is 0 Å². The number of hydrogen-bond acceptors (Lipinski definition) is 6. The largest absolute Gasteiger partial charge is 0.395 e. The maximum Gasteiger partial charge on any atom is 0.274 e. The third-order valence-corrected chi connectivity index (χ3v) is 2.17. The van der Waals surface area contributed by atoms with Gasteiger partial charge in [-0.2, -0.15) is 0 Å². The van der Waals surface area contributed by atoms with E-state index in [0.717, 1.165) is 0 Å². The second-order valence-electron chi connectivity index (χ2n) is 3.29. The smallest absolute Gasteiger partial charge is 0.274 e. The van der Waals surface area contributed by atoms with Crippen molar-refractivity contribution in [2.75, 3.05) is 38.7 Å². The summed E-state index contributed by atoms with van der Waals surface area (Å²) in [5, 5.41) is 28.0. The highest BCUT2D eigenvalue weighted by Gasteiger charge is 2.16. The lowest BCUT2D eigenvalue weighted by Gasteiger charge is -2.19. The lowest BCUT2D eigenvalue weighted by atomic mass is 10.3. The summed E-state index contributed by atoms with van der Waals surface area (Å²) < 4.78 is 0. The van der Waals surface area contributed by atoms with Crippen molar-refractivity contribution in [3.63, 3.8) is 0 Å². The number of hydrogen-bond donors (Lipinski definition) is 3. The highest BCUT2D eigenvalue weighted by atomic mass is 16.3. The summed E-state index contributed by atoms with van der Waals surface area (Å²) in [4.78, 5) is 13.2. The second-order valence-corrected chi connectivity index (χ2v) is 3.29. The van der Waals surface area contributed by atoms with Gasteiger partial charge in [0.25, 0.3) is 5.91 Å². The molecule has 0 atom stereocenters. The van der Waals surface area contributed by atoms with E-state index in [9.17, 15) is 4.79 Å². The average Bonchev–Trinajstić information content (AvgIpc) is 2.38. The highest BCUT2D eigenvalue weighted by Crippen LogP contribution is 2.04. The fourth-order valence-electron chi connectivity index (χ4n) is 1.30. The van der Waals surface area contributed by atoms with Crippen LogP contribution in [0.25, 0.3) is 0 Å². The molecule has 1 amide bonds. The quantitative estimate of drug-likeness (QED) is 0.586. The number of anilines is 1. The van der Waals surface area contributed by atoms with Crippen molar-refractivity contribution >= 4 is 11.7 Å². The van der Waals surface area contributed by atoms with Crippen molar-refractivity contribution in [2.24, 2.45) is 0 Å². The Morgan fingerprint density at radius 2 is 1.94 bits per heavy atom. The predicted molar refractivity (Wildman–Crippen MR) is 61.7 cm³/mol. The zero-order valence-electron chi connectivity index (χ0n) is 9.63. The topological polar surface area (TPSA) is 98.6 Å². The van der Waals surface area contributed by atoms with E-state index in [4.69, 9.17) is 10.2 Å². The number of aliphatic hydroxyl groups excluding tert-OH is 2. The molecular formula is C10H16N4O3. The molecule has 0 aliphatic rings. The van der Waals surface area contributed by atoms with Crippen LogP contribution < -0.4 is 5.32 Å². The first-order chi connectivity index (χ1) is 8.22. The van der Waals surface area contributed by atoms with E-state index in [-0.39, 0.29) is 37.9 Å². The Labute approximate surface area is 99.1 Å². The molecule has 1 heterocycles. The Morgan fingerprint density at radius 1 is 1.29 bits per heavy atom. The van der Waals surface area contributed by atoms with Gasteiger partial charge in [0.2, 0.25) is 0 Å². The number of aromatic nitrogens is 2. The first-order valence-electron chi connectivity index (χ1n) is 5.25. The van der Waals surface area contributed by atoms with E-state index in [1.807, 2.05) is 0 Å². The van der Waals surface area contributed by atoms with Gasteiger partial charge >= 0.3 is 0 Å². The second kappa shape index (κ2) is 6.77. The Hall–Kier alpha value is -1.73. The highest BCUT2D eigenvalue weighted by molar-refractivity contribution is 5.92. The maximum atomic E-state index is 11.9. The van der Waals surface area contributed by atoms with Gasteiger partial charge in [0.05, 0.1) is 13.2 Å². The molecule has 1 rings (SSSR count). The van der Waals surface area contributed by atoms with E-state index < -0.39 is 0 Å². The molecule has 0 spiro atoms. The van der Waals surface area contributed by atoms with E-state index in [1.54, 1.807) is 19.2 Å². The summed E-state index contributed by atoms with van der Waals surface area (Å²) in [5.41, 5.74) is 0.186. The molecule has 0 bridgehead atoms. The summed E-state index contributed by atoms with van der Waals surface area (Å²) >= 11 is 0. The minimum atomic E-state index is -0.358. The number of carbonyl (C=O) groups is 1. The molecule has 0 aliphatic heterocycles. The van der Waals surface area contributed by atoms with Gasteiger partial charge in [-0.25, -0.2) is 0 Å². The third-order valence-electron chi connectivity index (χ3n) is 2.17. The Bertz CT molecular complexity index is 349. The van der Waals surface area contributed by atoms with E-state index >= 15 is 0 Å². The van der Waals surface area contributed by atoms with Crippen LogP contribution in [-0.2, 0) is 0 Å². The Balaban J connectivity index is 2.77. The van der Waals surface area contributed by atoms with Crippen LogP contribution in [-0.4, -0.2) is 64.6 Å². The van der Waals surface area contributed by atoms with Crippen LogP contribution in [0.2, 0.25) is 0 Å². The van der Waals surface area contributed by atoms with Gasteiger partial charge in [-0.05, 0) is 12.1 Å². The van der Waals surface area contributed by atoms with Crippen LogP contribution in [0, 0.1) is 0 Å². The molecule has 0 saturated heterocycles. The summed E-state index contributed by atoms with van der Waals surface area (Å²) in [5.74, 6) is 0.209. The third kappa shape index (κ3) is 3.65. The predicted octanol–water partition coefficient (Wildman–Crippen LogP) is -1.05. The number of amides is 1. The van der Waals surface area contributed by atoms with E-state index in [2.05, 4.69) is 15.5 Å². The van der Waals surface area contributed by atoms with Crippen molar-refractivity contribution in [2.45, 2.75) is 0 Å². The molecule has 0 radical (unpaired) electrons. The fourth-order valence-corrected chi connectivity index (χ4v) is 1.30. The van der Waals surface area contributed by atoms with Crippen LogP contribution in [0.1, 0.15) is 10.5 Å². The zero-order valence-corrected chi connectivity index (χ0v) is 9.63. The molecule has 0 aliphatic carbocycles. The Morgan fingerprint density at radius 3 is 2.35 bits per heavy atom. The van der Waals surface area contributed by atoms with Gasteiger partial charge in [0.1, 0.15) is 5.82 Å². The van der Waals surface area contributed by atoms with E-state index in [0.29, 0.717) is 5.82 Å². The molecule has 0 fully saturated rings. The van der Waals surface area contributed by atoms with Gasteiger partial charge in [-0.15, -0.1) is 10.2 Å². The molecule has 0 aromatic carbocycles. The molecule has 7 heteroatoms. The van der Waals surface area contributed by atoms with Crippen molar-refractivity contribution in [3.05, 3.63) is 17.8 Å². The molecule has 1 aromatic rings. The summed E-state index contributed by atoms with van der Waals surface area (Å²) in [7, 11) is 1.70. The van der Waals surface area contributed by atoms with Crippen LogP contribution in [0.4, 0.5) is 5.82 Å². The van der Waals surface area contributed by atoms with E-state index in [1.165, 1.54) is 4.90 Å². The molecule has 0 saturated carbocycles. The fraction of sp³-hybridized carbons (Fsp3) is 0.500. The summed E-state index contributed by atoms with van der Waals surface area (Å²) in [6, 6.07) is 3.18. The number of nitrogens with one attached hydrogen (secondary N) is 1. The number of rotatable bonds is 6. The molecule has 17 heavy (non-hydrogen) atoms. The van der Waals surface area contributed by atoms with Crippen LogP contribution in [0.3, 0.4) is 0 Å². The number of carbonyl (C=O) groups excluding carboxylic acids is 1. The zero-order chi connectivity index (χ0) is 12.7. The first kappa shape index (κ1) is 13.3. The summed E-state index contributed by atoms with van der Waals surface area (Å²) in [6.07, 6.45) is 0. The van der Waals surface area contributed by atoms with Crippen LogP contribution in [0.15, 0.2) is 12.1 Å². The van der Waals surface area contributed by atoms with Crippen LogP contribution in [0.5, 0.6) is 0 Å². The molecule has 3 N–H and O–H groups in total. The molecule has 0 unspecified atom stereocenters. The van der Waals surface area contributed by atoms with Gasteiger partial charge in [-0.3, -0.25) is 4.79 Å². The lowest BCUT2D eigenvalue weighted by Crippen LogP contribution is -2.36. The minimum Gasteiger partial charge on any atom is -0.395 e. The lowest BCUT2D eigenvalue weighted by molar-refractivity contribution is 0.0678. The molecule has 94 valence electrons. The van der Waals surface area contributed by atoms with Gasteiger partial charge in [-0.1, -0.05) is 0 Å². The molecule has 1 aromatic heterocycles. The van der Waals surface area contributed by atoms with Gasteiger partial charge in [0, 0.05) is 20.1 Å². The summed E-state index contributed by atoms with van der Waals surface area (Å²) in [6.45, 7) is 0.00520. The van der Waals surface area contributed by atoms with Crippen molar-refractivity contribution in [3.8, 4) is 0 Å². The van der Waals surface area contributed by atoms with Crippen molar-refractivity contribution < 1.29 is 15.0 Å². The van der Waals surface area contributed by atoms with Crippen molar-refractivity contribution in [1.82, 2.24) is 15.1 Å². The monoisotopic (exact) mass is 240 g/mol. The van der Waals surface area contributed by atoms with Gasteiger partial charge < -0.3 is 20.4 Å². The van der Waals surface area contributed by atoms with Crippen LogP contribution >= 0.6 is 0 Å². The molecule has 7 nitrogen and oxygen atoms in total. The minimum absolute atomic E-state index is 0.159. The SMILES string of the molecule is CNc1ccc(C(=O)N(CCO)CCO)nn1. The number of nitrogens with zero attached hydrogens (tertiary/aromatic N) is 3. The molecular weight excluding hydrogens is 224 g/mol. The number of aliphatic hydroxyl groups is 2. The standard InChI is InChI=1S/C10H16N4O3/c1-11-9-3-2-8(12-13-9)10(17)14(4-6-15)5-7-16/h2-3,15-16H,4-7H2,1H3,(H,11,13). The normalized spacial score (nSPS) is 10.1. The first-order valence-corrected chi connectivity index (χ1v) is 5.25. The Kier molecular flexibility index (Phi) is 5.31.